The number of halogens is 1. The van der Waals surface area contributed by atoms with Crippen molar-refractivity contribution in [1.82, 2.24) is 20.1 Å². The monoisotopic (exact) mass is 448 g/mol. The summed E-state index contributed by atoms with van der Waals surface area (Å²) in [7, 11) is 0. The van der Waals surface area contributed by atoms with Crippen molar-refractivity contribution in [3.8, 4) is 16.4 Å². The first-order valence-electron chi connectivity index (χ1n) is 9.82. The van der Waals surface area contributed by atoms with E-state index in [4.69, 9.17) is 0 Å². The fraction of sp³-hybridized carbons (Fsp3) is 0.0909. The fourth-order valence-corrected chi connectivity index (χ4v) is 4.06. The van der Waals surface area contributed by atoms with E-state index in [9.17, 15) is 14.0 Å². The molecule has 0 spiro atoms. The van der Waals surface area contributed by atoms with Gasteiger partial charge in [0.1, 0.15) is 5.82 Å². The Morgan fingerprint density at radius 2 is 1.81 bits per heavy atom. The van der Waals surface area contributed by atoms with Crippen molar-refractivity contribution >= 4 is 34.6 Å². The summed E-state index contributed by atoms with van der Waals surface area (Å²) >= 11 is 1.46. The molecule has 0 bridgehead atoms. The molecule has 1 aliphatic rings. The van der Waals surface area contributed by atoms with Crippen LogP contribution in [0.2, 0.25) is 0 Å². The molecule has 2 aromatic carbocycles. The third-order valence-corrected chi connectivity index (χ3v) is 5.78. The average Bonchev–Trinajstić information content (AvgIpc) is 3.55. The highest BCUT2D eigenvalue weighted by molar-refractivity contribution is 7.13. The number of carbonyl (C=O) groups is 2. The standard InChI is InChI=1S/C22H17FN6O2S/c23-14-3-7-17(8-4-14)29-20(18-2-1-13-32-18)26-19(27-29)21(30)25-15-5-9-16(10-6-15)28-12-11-24-22(28)31/h1-10,13H,11-12H2,(H,24,31)(H,25,30). The Morgan fingerprint density at radius 1 is 1.06 bits per heavy atom. The van der Waals surface area contributed by atoms with E-state index in [2.05, 4.69) is 20.7 Å². The van der Waals surface area contributed by atoms with Gasteiger partial charge in [-0.15, -0.1) is 16.4 Å². The topological polar surface area (TPSA) is 92.2 Å². The molecular weight excluding hydrogens is 431 g/mol. The maximum atomic E-state index is 13.4. The van der Waals surface area contributed by atoms with Crippen LogP contribution < -0.4 is 15.5 Å². The molecule has 0 radical (unpaired) electrons. The summed E-state index contributed by atoms with van der Waals surface area (Å²) in [6, 6.07) is 16.4. The average molecular weight is 448 g/mol. The molecule has 0 aliphatic carbocycles. The van der Waals surface area contributed by atoms with Crippen LogP contribution in [0.15, 0.2) is 66.0 Å². The van der Waals surface area contributed by atoms with Gasteiger partial charge in [0.15, 0.2) is 5.82 Å². The van der Waals surface area contributed by atoms with Crippen LogP contribution >= 0.6 is 11.3 Å². The number of amides is 3. The Morgan fingerprint density at radius 3 is 2.47 bits per heavy atom. The van der Waals surface area contributed by atoms with E-state index in [0.29, 0.717) is 30.3 Å². The maximum Gasteiger partial charge on any atom is 0.321 e. The van der Waals surface area contributed by atoms with Gasteiger partial charge in [-0.2, -0.15) is 0 Å². The number of hydrogen-bond donors (Lipinski definition) is 2. The second-order valence-corrected chi connectivity index (χ2v) is 7.96. The number of anilines is 2. The van der Waals surface area contributed by atoms with Crippen LogP contribution in [0.1, 0.15) is 10.6 Å². The third-order valence-electron chi connectivity index (χ3n) is 4.92. The number of carbonyl (C=O) groups excluding carboxylic acids is 2. The van der Waals surface area contributed by atoms with E-state index in [1.54, 1.807) is 41.3 Å². The molecule has 1 aliphatic heterocycles. The molecule has 10 heteroatoms. The molecule has 0 unspecified atom stereocenters. The molecule has 1 fully saturated rings. The fourth-order valence-electron chi connectivity index (χ4n) is 3.37. The molecule has 4 aromatic rings. The highest BCUT2D eigenvalue weighted by Crippen LogP contribution is 2.26. The number of nitrogens with one attached hydrogen (secondary N) is 2. The minimum Gasteiger partial charge on any atom is -0.336 e. The molecule has 0 atom stereocenters. The minimum atomic E-state index is -0.477. The summed E-state index contributed by atoms with van der Waals surface area (Å²) in [6.07, 6.45) is 0. The first-order chi connectivity index (χ1) is 15.6. The number of rotatable bonds is 5. The van der Waals surface area contributed by atoms with Crippen LogP contribution in [-0.2, 0) is 0 Å². The Bertz CT molecular complexity index is 1270. The van der Waals surface area contributed by atoms with Crippen LogP contribution in [0.3, 0.4) is 0 Å². The van der Waals surface area contributed by atoms with Gasteiger partial charge in [0.2, 0.25) is 5.82 Å². The molecule has 8 nitrogen and oxygen atoms in total. The van der Waals surface area contributed by atoms with Crippen LogP contribution in [0.25, 0.3) is 16.4 Å². The molecule has 3 amide bonds. The van der Waals surface area contributed by atoms with Crippen LogP contribution in [0.4, 0.5) is 20.6 Å². The molecule has 2 N–H and O–H groups in total. The van der Waals surface area contributed by atoms with Gasteiger partial charge in [0.05, 0.1) is 10.6 Å². The zero-order valence-corrected chi connectivity index (χ0v) is 17.5. The summed E-state index contributed by atoms with van der Waals surface area (Å²) in [5.41, 5.74) is 1.89. The van der Waals surface area contributed by atoms with E-state index < -0.39 is 5.91 Å². The Kier molecular flexibility index (Phi) is 5.12. The van der Waals surface area contributed by atoms with Crippen molar-refractivity contribution in [3.63, 3.8) is 0 Å². The van der Waals surface area contributed by atoms with Crippen LogP contribution in [0, 0.1) is 5.82 Å². The second kappa shape index (κ2) is 8.23. The lowest BCUT2D eigenvalue weighted by atomic mass is 10.2. The second-order valence-electron chi connectivity index (χ2n) is 7.01. The van der Waals surface area contributed by atoms with Crippen molar-refractivity contribution in [2.45, 2.75) is 0 Å². The largest absolute Gasteiger partial charge is 0.336 e. The molecule has 5 rings (SSSR count). The Labute approximate surface area is 186 Å². The van der Waals surface area contributed by atoms with Crippen molar-refractivity contribution in [2.24, 2.45) is 0 Å². The van der Waals surface area contributed by atoms with Crippen molar-refractivity contribution in [2.75, 3.05) is 23.3 Å². The third kappa shape index (κ3) is 3.83. The molecule has 32 heavy (non-hydrogen) atoms. The first kappa shape index (κ1) is 19.9. The van der Waals surface area contributed by atoms with Crippen LogP contribution in [-0.4, -0.2) is 39.8 Å². The lowest BCUT2D eigenvalue weighted by Gasteiger charge is -2.14. The normalized spacial score (nSPS) is 13.3. The zero-order chi connectivity index (χ0) is 22.1. The van der Waals surface area contributed by atoms with Gasteiger partial charge < -0.3 is 10.6 Å². The minimum absolute atomic E-state index is 0.0132. The van der Waals surface area contributed by atoms with E-state index in [-0.39, 0.29) is 17.7 Å². The van der Waals surface area contributed by atoms with Gasteiger partial charge in [-0.3, -0.25) is 9.69 Å². The Balaban J connectivity index is 1.40. The molecule has 160 valence electrons. The summed E-state index contributed by atoms with van der Waals surface area (Å²) < 4.78 is 14.9. The van der Waals surface area contributed by atoms with Gasteiger partial charge in [0.25, 0.3) is 5.91 Å². The van der Waals surface area contributed by atoms with E-state index >= 15 is 0 Å². The highest BCUT2D eigenvalue weighted by atomic mass is 32.1. The predicted molar refractivity (Wildman–Crippen MR) is 120 cm³/mol. The van der Waals surface area contributed by atoms with Crippen LogP contribution in [0.5, 0.6) is 0 Å². The number of aromatic nitrogens is 3. The molecule has 1 saturated heterocycles. The van der Waals surface area contributed by atoms with Crippen molar-refractivity contribution < 1.29 is 14.0 Å². The van der Waals surface area contributed by atoms with E-state index in [1.807, 2.05) is 17.5 Å². The molecule has 3 heterocycles. The summed E-state index contributed by atoms with van der Waals surface area (Å²) in [6.45, 7) is 1.20. The van der Waals surface area contributed by atoms with Gasteiger partial charge in [-0.25, -0.2) is 18.9 Å². The summed E-state index contributed by atoms with van der Waals surface area (Å²) in [5.74, 6) is -0.359. The predicted octanol–water partition coefficient (Wildman–Crippen LogP) is 3.92. The SMILES string of the molecule is O=C(Nc1ccc(N2CCNC2=O)cc1)c1nc(-c2cccs2)n(-c2ccc(F)cc2)n1. The zero-order valence-electron chi connectivity index (χ0n) is 16.7. The highest BCUT2D eigenvalue weighted by Gasteiger charge is 2.22. The number of benzene rings is 2. The lowest BCUT2D eigenvalue weighted by Crippen LogP contribution is -2.27. The molecular formula is C22H17FN6O2S. The summed E-state index contributed by atoms with van der Waals surface area (Å²) in [5, 5.41) is 11.8. The van der Waals surface area contributed by atoms with Crippen molar-refractivity contribution in [1.29, 1.82) is 0 Å². The van der Waals surface area contributed by atoms with Crippen molar-refractivity contribution in [3.05, 3.63) is 77.7 Å². The van der Waals surface area contributed by atoms with Gasteiger partial charge >= 0.3 is 6.03 Å². The quantitative estimate of drug-likeness (QED) is 0.484. The number of thiophene rings is 1. The maximum absolute atomic E-state index is 13.4. The van der Waals surface area contributed by atoms with E-state index in [0.717, 1.165) is 10.6 Å². The summed E-state index contributed by atoms with van der Waals surface area (Å²) in [4.78, 5) is 31.5. The Hall–Kier alpha value is -4.05. The van der Waals surface area contributed by atoms with Gasteiger partial charge in [-0.1, -0.05) is 6.07 Å². The molecule has 0 saturated carbocycles. The van der Waals surface area contributed by atoms with E-state index in [1.165, 1.54) is 28.2 Å². The number of hydrogen-bond acceptors (Lipinski definition) is 5. The first-order valence-corrected chi connectivity index (χ1v) is 10.7. The number of urea groups is 1. The van der Waals surface area contributed by atoms with Gasteiger partial charge in [-0.05, 0) is 60.0 Å². The smallest absolute Gasteiger partial charge is 0.321 e. The number of nitrogens with zero attached hydrogens (tertiary/aromatic N) is 4. The lowest BCUT2D eigenvalue weighted by molar-refractivity contribution is 0.101. The molecule has 2 aromatic heterocycles. The van der Waals surface area contributed by atoms with Gasteiger partial charge in [0, 0.05) is 24.5 Å².